The molecule has 1 aromatic rings. The maximum Gasteiger partial charge on any atom is 0.127 e. The molecule has 18 heavy (non-hydrogen) atoms. The molecule has 0 aliphatic carbocycles. The Morgan fingerprint density at radius 3 is 2.44 bits per heavy atom. The lowest BCUT2D eigenvalue weighted by atomic mass is 9.75. The monoisotopic (exact) mass is 249 g/mol. The van der Waals surface area contributed by atoms with Crippen molar-refractivity contribution in [3.8, 4) is 11.5 Å². The molecule has 0 saturated heterocycles. The van der Waals surface area contributed by atoms with Gasteiger partial charge in [0.2, 0.25) is 0 Å². The minimum absolute atomic E-state index is 0.301. The van der Waals surface area contributed by atoms with Crippen molar-refractivity contribution in [2.24, 2.45) is 11.3 Å². The molecule has 0 fully saturated rings. The summed E-state index contributed by atoms with van der Waals surface area (Å²) in [4.78, 5) is 0. The van der Waals surface area contributed by atoms with Gasteiger partial charge >= 0.3 is 0 Å². The lowest BCUT2D eigenvalue weighted by Gasteiger charge is -2.36. The highest BCUT2D eigenvalue weighted by molar-refractivity contribution is 5.63. The van der Waals surface area contributed by atoms with Crippen molar-refractivity contribution in [3.63, 3.8) is 0 Å². The third-order valence-corrected chi connectivity index (χ3v) is 3.85. The molecule has 1 unspecified atom stereocenters. The number of hydrogen-bond donors (Lipinski definition) is 1. The van der Waals surface area contributed by atoms with Gasteiger partial charge in [0.25, 0.3) is 0 Å². The van der Waals surface area contributed by atoms with Gasteiger partial charge in [-0.25, -0.2) is 0 Å². The van der Waals surface area contributed by atoms with Crippen LogP contribution >= 0.6 is 0 Å². The predicted molar refractivity (Wildman–Crippen MR) is 74.7 cm³/mol. The molecule has 1 aliphatic rings. The van der Waals surface area contributed by atoms with Gasteiger partial charge in [-0.3, -0.25) is 0 Å². The second-order valence-electron chi connectivity index (χ2n) is 6.00. The van der Waals surface area contributed by atoms with Crippen LogP contribution in [0, 0.1) is 11.3 Å². The molecule has 0 radical (unpaired) electrons. The van der Waals surface area contributed by atoms with E-state index in [1.807, 2.05) is 6.07 Å². The quantitative estimate of drug-likeness (QED) is 0.872. The zero-order chi connectivity index (χ0) is 13.3. The minimum atomic E-state index is 0.301. The zero-order valence-electron chi connectivity index (χ0n) is 12.0. The van der Waals surface area contributed by atoms with Crippen molar-refractivity contribution in [2.75, 3.05) is 26.1 Å². The van der Waals surface area contributed by atoms with Crippen LogP contribution in [0.3, 0.4) is 0 Å². The number of rotatable bonds is 2. The second-order valence-corrected chi connectivity index (χ2v) is 6.00. The highest BCUT2D eigenvalue weighted by Crippen LogP contribution is 2.41. The van der Waals surface area contributed by atoms with E-state index in [0.29, 0.717) is 11.3 Å². The fraction of sp³-hybridized carbons (Fsp3) is 0.600. The van der Waals surface area contributed by atoms with Crippen molar-refractivity contribution >= 4 is 5.69 Å². The summed E-state index contributed by atoms with van der Waals surface area (Å²) in [5, 5.41) is 3.51. The lowest BCUT2D eigenvalue weighted by molar-refractivity contribution is 0.244. The first-order valence-corrected chi connectivity index (χ1v) is 6.44. The number of anilines is 1. The molecular formula is C15H23NO2. The Hall–Kier alpha value is -1.38. The van der Waals surface area contributed by atoms with Gasteiger partial charge in [-0.1, -0.05) is 20.8 Å². The summed E-state index contributed by atoms with van der Waals surface area (Å²) in [5.41, 5.74) is 2.71. The topological polar surface area (TPSA) is 30.5 Å². The van der Waals surface area contributed by atoms with Crippen LogP contribution in [-0.2, 0) is 6.42 Å². The largest absolute Gasteiger partial charge is 0.497 e. The van der Waals surface area contributed by atoms with Crippen LogP contribution in [0.1, 0.15) is 26.3 Å². The third kappa shape index (κ3) is 2.40. The smallest absolute Gasteiger partial charge is 0.127 e. The molecule has 1 atom stereocenters. The van der Waals surface area contributed by atoms with E-state index in [4.69, 9.17) is 9.47 Å². The highest BCUT2D eigenvalue weighted by Gasteiger charge is 2.30. The van der Waals surface area contributed by atoms with Crippen molar-refractivity contribution in [3.05, 3.63) is 17.7 Å². The van der Waals surface area contributed by atoms with E-state index in [1.54, 1.807) is 14.2 Å². The Balaban J connectivity index is 2.37. The van der Waals surface area contributed by atoms with Gasteiger partial charge < -0.3 is 14.8 Å². The van der Waals surface area contributed by atoms with E-state index in [9.17, 15) is 0 Å². The van der Waals surface area contributed by atoms with Crippen LogP contribution in [0.25, 0.3) is 0 Å². The first kappa shape index (κ1) is 13.1. The van der Waals surface area contributed by atoms with E-state index < -0.39 is 0 Å². The van der Waals surface area contributed by atoms with Crippen molar-refractivity contribution < 1.29 is 9.47 Å². The summed E-state index contributed by atoms with van der Waals surface area (Å²) in [7, 11) is 3.40. The summed E-state index contributed by atoms with van der Waals surface area (Å²) in [6, 6.07) is 4.02. The number of ether oxygens (including phenoxy) is 2. The molecule has 3 heteroatoms. The molecule has 1 N–H and O–H groups in total. The Labute approximate surface area is 109 Å². The number of benzene rings is 1. The molecule has 0 bridgehead atoms. The van der Waals surface area contributed by atoms with E-state index in [0.717, 1.165) is 30.2 Å². The Kier molecular flexibility index (Phi) is 3.42. The molecule has 2 rings (SSSR count). The number of nitrogens with one attached hydrogen (secondary N) is 1. The average molecular weight is 249 g/mol. The van der Waals surface area contributed by atoms with Gasteiger partial charge in [-0.05, 0) is 17.8 Å². The SMILES string of the molecule is COc1cc2c(c(OC)c1)CC(C(C)(C)C)CN2. The highest BCUT2D eigenvalue weighted by atomic mass is 16.5. The van der Waals surface area contributed by atoms with Crippen LogP contribution in [0.4, 0.5) is 5.69 Å². The van der Waals surface area contributed by atoms with E-state index in [1.165, 1.54) is 5.56 Å². The molecule has 1 aromatic carbocycles. The summed E-state index contributed by atoms with van der Waals surface area (Å²) in [5.74, 6) is 2.38. The summed E-state index contributed by atoms with van der Waals surface area (Å²) in [6.07, 6.45) is 1.05. The Bertz CT molecular complexity index is 418. The zero-order valence-corrected chi connectivity index (χ0v) is 12.0. The van der Waals surface area contributed by atoms with Crippen molar-refractivity contribution in [2.45, 2.75) is 27.2 Å². The molecule has 100 valence electrons. The third-order valence-electron chi connectivity index (χ3n) is 3.85. The predicted octanol–water partition coefficient (Wildman–Crippen LogP) is 3.33. The minimum Gasteiger partial charge on any atom is -0.497 e. The maximum atomic E-state index is 5.50. The van der Waals surface area contributed by atoms with Gasteiger partial charge in [0.05, 0.1) is 14.2 Å². The lowest BCUT2D eigenvalue weighted by Crippen LogP contribution is -2.33. The van der Waals surface area contributed by atoms with Crippen LogP contribution < -0.4 is 14.8 Å². The second kappa shape index (κ2) is 4.71. The van der Waals surface area contributed by atoms with E-state index >= 15 is 0 Å². The molecule has 0 spiro atoms. The Morgan fingerprint density at radius 2 is 1.89 bits per heavy atom. The number of hydrogen-bond acceptors (Lipinski definition) is 3. The molecule has 0 saturated carbocycles. The van der Waals surface area contributed by atoms with Crippen LogP contribution in [-0.4, -0.2) is 20.8 Å². The summed E-state index contributed by atoms with van der Waals surface area (Å²) in [6.45, 7) is 7.88. The van der Waals surface area contributed by atoms with Gasteiger partial charge in [0.1, 0.15) is 11.5 Å². The fourth-order valence-corrected chi connectivity index (χ4v) is 2.45. The molecule has 0 amide bonds. The molecule has 1 heterocycles. The van der Waals surface area contributed by atoms with Crippen LogP contribution in [0.2, 0.25) is 0 Å². The van der Waals surface area contributed by atoms with Gasteiger partial charge in [-0.2, -0.15) is 0 Å². The van der Waals surface area contributed by atoms with Gasteiger partial charge in [-0.15, -0.1) is 0 Å². The average Bonchev–Trinajstić information content (AvgIpc) is 2.35. The summed E-state index contributed by atoms with van der Waals surface area (Å²) < 4.78 is 10.8. The number of methoxy groups -OCH3 is 2. The van der Waals surface area contributed by atoms with Crippen molar-refractivity contribution in [1.29, 1.82) is 0 Å². The fourth-order valence-electron chi connectivity index (χ4n) is 2.45. The maximum absolute atomic E-state index is 5.50. The van der Waals surface area contributed by atoms with Crippen LogP contribution in [0.5, 0.6) is 11.5 Å². The molecular weight excluding hydrogens is 226 g/mol. The first-order valence-electron chi connectivity index (χ1n) is 6.44. The normalized spacial score (nSPS) is 18.8. The molecule has 0 aromatic heterocycles. The molecule has 3 nitrogen and oxygen atoms in total. The van der Waals surface area contributed by atoms with Gasteiger partial charge in [0, 0.05) is 29.9 Å². The van der Waals surface area contributed by atoms with Crippen molar-refractivity contribution in [1.82, 2.24) is 0 Å². The first-order chi connectivity index (χ1) is 8.45. The Morgan fingerprint density at radius 1 is 1.17 bits per heavy atom. The van der Waals surface area contributed by atoms with E-state index in [2.05, 4.69) is 32.2 Å². The standard InChI is InChI=1S/C15H23NO2/c1-15(2,3)10-6-12-13(16-9-10)7-11(17-4)8-14(12)18-5/h7-8,10,16H,6,9H2,1-5H3. The van der Waals surface area contributed by atoms with Gasteiger partial charge in [0.15, 0.2) is 0 Å². The summed E-state index contributed by atoms with van der Waals surface area (Å²) >= 11 is 0. The van der Waals surface area contributed by atoms with Crippen LogP contribution in [0.15, 0.2) is 12.1 Å². The molecule has 1 aliphatic heterocycles. The van der Waals surface area contributed by atoms with E-state index in [-0.39, 0.29) is 0 Å². The number of fused-ring (bicyclic) bond motifs is 1.